The van der Waals surface area contributed by atoms with E-state index < -0.39 is 0 Å². The summed E-state index contributed by atoms with van der Waals surface area (Å²) in [6, 6.07) is 23.7. The lowest BCUT2D eigenvalue weighted by molar-refractivity contribution is -0.115. The number of anilines is 2. The topological polar surface area (TPSA) is 49.4 Å². The molecule has 0 saturated heterocycles. The van der Waals surface area contributed by atoms with Gasteiger partial charge in [0.2, 0.25) is 5.91 Å². The van der Waals surface area contributed by atoms with Gasteiger partial charge in [0.15, 0.2) is 0 Å². The van der Waals surface area contributed by atoms with Gasteiger partial charge in [-0.25, -0.2) is 0 Å². The third-order valence-corrected chi connectivity index (χ3v) is 4.59. The van der Waals surface area contributed by atoms with Crippen LogP contribution in [0.2, 0.25) is 5.02 Å². The summed E-state index contributed by atoms with van der Waals surface area (Å²) in [6.07, 6.45) is 0.204. The molecular formula is C23H21ClN2O2. The molecule has 0 aromatic heterocycles. The number of carbonyl (C=O) groups excluding carboxylic acids is 2. The lowest BCUT2D eigenvalue weighted by Gasteiger charge is -2.22. The van der Waals surface area contributed by atoms with E-state index in [1.807, 2.05) is 49.4 Å². The third kappa shape index (κ3) is 4.78. The summed E-state index contributed by atoms with van der Waals surface area (Å²) in [5.74, 6) is -0.346. The summed E-state index contributed by atoms with van der Waals surface area (Å²) in [4.78, 5) is 27.3. The molecule has 0 aliphatic carbocycles. The Balaban J connectivity index is 1.79. The molecule has 0 heterocycles. The predicted octanol–water partition coefficient (Wildman–Crippen LogP) is 5.19. The zero-order chi connectivity index (χ0) is 19.9. The van der Waals surface area contributed by atoms with Crippen molar-refractivity contribution in [1.29, 1.82) is 0 Å². The second-order valence-electron chi connectivity index (χ2n) is 6.28. The quantitative estimate of drug-likeness (QED) is 0.627. The minimum Gasteiger partial charge on any atom is -0.325 e. The summed E-state index contributed by atoms with van der Waals surface area (Å²) in [7, 11) is 0. The van der Waals surface area contributed by atoms with Crippen LogP contribution in [0.3, 0.4) is 0 Å². The molecule has 0 atom stereocenters. The van der Waals surface area contributed by atoms with Gasteiger partial charge in [-0.1, -0.05) is 54.1 Å². The summed E-state index contributed by atoms with van der Waals surface area (Å²) in [5.41, 5.74) is 2.63. The van der Waals surface area contributed by atoms with E-state index in [4.69, 9.17) is 11.6 Å². The second-order valence-corrected chi connectivity index (χ2v) is 6.72. The summed E-state index contributed by atoms with van der Waals surface area (Å²) in [5, 5.41) is 3.49. The average molecular weight is 393 g/mol. The first-order valence-electron chi connectivity index (χ1n) is 9.08. The first-order chi connectivity index (χ1) is 13.6. The van der Waals surface area contributed by atoms with Crippen LogP contribution in [0.1, 0.15) is 22.8 Å². The van der Waals surface area contributed by atoms with Gasteiger partial charge in [-0.2, -0.15) is 0 Å². The van der Waals surface area contributed by atoms with Gasteiger partial charge in [-0.3, -0.25) is 9.59 Å². The number of hydrogen-bond acceptors (Lipinski definition) is 2. The van der Waals surface area contributed by atoms with Gasteiger partial charge in [0.1, 0.15) is 0 Å². The number of carbonyl (C=O) groups is 2. The highest BCUT2D eigenvalue weighted by atomic mass is 35.5. The van der Waals surface area contributed by atoms with Crippen LogP contribution in [0.25, 0.3) is 0 Å². The Morgan fingerprint density at radius 2 is 1.54 bits per heavy atom. The fourth-order valence-corrected chi connectivity index (χ4v) is 3.08. The fourth-order valence-electron chi connectivity index (χ4n) is 2.96. The standard InChI is InChI=1S/C23H21ClN2O2/c1-2-26(19-8-4-3-5-9-19)23(28)20-10-6-7-11-21(20)25-22(27)16-17-12-14-18(24)15-13-17/h3-15H,2,16H2,1H3,(H,25,27). The molecule has 3 aromatic carbocycles. The van der Waals surface area contributed by atoms with Gasteiger partial charge in [-0.15, -0.1) is 0 Å². The first-order valence-corrected chi connectivity index (χ1v) is 9.46. The van der Waals surface area contributed by atoms with Crippen LogP contribution in [-0.4, -0.2) is 18.4 Å². The molecule has 1 N–H and O–H groups in total. The minimum absolute atomic E-state index is 0.156. The number of benzene rings is 3. The van der Waals surface area contributed by atoms with Crippen LogP contribution in [0.4, 0.5) is 11.4 Å². The summed E-state index contributed by atoms with van der Waals surface area (Å²) in [6.45, 7) is 2.45. The number of hydrogen-bond donors (Lipinski definition) is 1. The Morgan fingerprint density at radius 3 is 2.21 bits per heavy atom. The van der Waals surface area contributed by atoms with Gasteiger partial charge < -0.3 is 10.2 Å². The van der Waals surface area contributed by atoms with Crippen molar-refractivity contribution < 1.29 is 9.59 Å². The van der Waals surface area contributed by atoms with Crippen molar-refractivity contribution >= 4 is 34.8 Å². The van der Waals surface area contributed by atoms with Crippen molar-refractivity contribution in [3.8, 4) is 0 Å². The molecule has 0 spiro atoms. The summed E-state index contributed by atoms with van der Waals surface area (Å²) >= 11 is 5.88. The Hall–Kier alpha value is -3.11. The smallest absolute Gasteiger partial charge is 0.260 e. The van der Waals surface area contributed by atoms with E-state index >= 15 is 0 Å². The normalized spacial score (nSPS) is 10.4. The van der Waals surface area contributed by atoms with Crippen LogP contribution < -0.4 is 10.2 Å². The molecule has 4 nitrogen and oxygen atoms in total. The number of halogens is 1. The number of nitrogens with zero attached hydrogens (tertiary/aromatic N) is 1. The van der Waals surface area contributed by atoms with E-state index in [0.29, 0.717) is 22.8 Å². The average Bonchev–Trinajstić information content (AvgIpc) is 2.71. The highest BCUT2D eigenvalue weighted by molar-refractivity contribution is 6.30. The maximum absolute atomic E-state index is 13.1. The van der Waals surface area contributed by atoms with Crippen molar-refractivity contribution in [2.24, 2.45) is 0 Å². The number of para-hydroxylation sites is 2. The zero-order valence-corrected chi connectivity index (χ0v) is 16.3. The number of nitrogens with one attached hydrogen (secondary N) is 1. The van der Waals surface area contributed by atoms with Crippen LogP contribution in [0, 0.1) is 0 Å². The van der Waals surface area contributed by atoms with Crippen molar-refractivity contribution in [2.45, 2.75) is 13.3 Å². The molecule has 0 fully saturated rings. The molecule has 3 aromatic rings. The largest absolute Gasteiger partial charge is 0.325 e. The van der Waals surface area contributed by atoms with E-state index in [-0.39, 0.29) is 18.2 Å². The molecule has 5 heteroatoms. The molecule has 0 aliphatic rings. The Bertz CT molecular complexity index is 956. The van der Waals surface area contributed by atoms with Crippen molar-refractivity contribution in [2.75, 3.05) is 16.8 Å². The van der Waals surface area contributed by atoms with Crippen LogP contribution in [0.15, 0.2) is 78.9 Å². The van der Waals surface area contributed by atoms with Crippen LogP contribution in [-0.2, 0) is 11.2 Å². The Morgan fingerprint density at radius 1 is 0.893 bits per heavy atom. The molecule has 0 aliphatic heterocycles. The molecule has 0 unspecified atom stereocenters. The SMILES string of the molecule is CCN(C(=O)c1ccccc1NC(=O)Cc1ccc(Cl)cc1)c1ccccc1. The van der Waals surface area contributed by atoms with Crippen molar-refractivity contribution in [1.82, 2.24) is 0 Å². The molecule has 0 bridgehead atoms. The first kappa shape index (κ1) is 19.6. The lowest BCUT2D eigenvalue weighted by Crippen LogP contribution is -2.31. The lowest BCUT2D eigenvalue weighted by atomic mass is 10.1. The summed E-state index contributed by atoms with van der Waals surface area (Å²) < 4.78 is 0. The Labute approximate surface area is 169 Å². The van der Waals surface area contributed by atoms with E-state index in [2.05, 4.69) is 5.32 Å². The maximum atomic E-state index is 13.1. The second kappa shape index (κ2) is 9.20. The van der Waals surface area contributed by atoms with Gasteiger partial charge in [-0.05, 0) is 48.9 Å². The minimum atomic E-state index is -0.190. The zero-order valence-electron chi connectivity index (χ0n) is 15.6. The van der Waals surface area contributed by atoms with Gasteiger partial charge >= 0.3 is 0 Å². The highest BCUT2D eigenvalue weighted by Gasteiger charge is 2.19. The molecular weight excluding hydrogens is 372 g/mol. The molecule has 142 valence electrons. The van der Waals surface area contributed by atoms with Crippen LogP contribution >= 0.6 is 11.6 Å². The molecule has 0 radical (unpaired) electrons. The maximum Gasteiger partial charge on any atom is 0.260 e. The molecule has 0 saturated carbocycles. The van der Waals surface area contributed by atoms with Crippen molar-refractivity contribution in [3.63, 3.8) is 0 Å². The molecule has 28 heavy (non-hydrogen) atoms. The van der Waals surface area contributed by atoms with Gasteiger partial charge in [0.05, 0.1) is 17.7 Å². The van der Waals surface area contributed by atoms with E-state index in [1.165, 1.54) is 0 Å². The van der Waals surface area contributed by atoms with E-state index in [0.717, 1.165) is 11.3 Å². The Kier molecular flexibility index (Phi) is 6.45. The monoisotopic (exact) mass is 392 g/mol. The van der Waals surface area contributed by atoms with Gasteiger partial charge in [0, 0.05) is 17.3 Å². The third-order valence-electron chi connectivity index (χ3n) is 4.34. The predicted molar refractivity (Wildman–Crippen MR) is 114 cm³/mol. The van der Waals surface area contributed by atoms with Gasteiger partial charge in [0.25, 0.3) is 5.91 Å². The number of rotatable bonds is 6. The van der Waals surface area contributed by atoms with E-state index in [1.54, 1.807) is 41.3 Å². The van der Waals surface area contributed by atoms with E-state index in [9.17, 15) is 9.59 Å². The molecule has 3 rings (SSSR count). The highest BCUT2D eigenvalue weighted by Crippen LogP contribution is 2.22. The fraction of sp³-hybridized carbons (Fsp3) is 0.130. The molecule has 2 amide bonds. The van der Waals surface area contributed by atoms with Crippen molar-refractivity contribution in [3.05, 3.63) is 95.0 Å². The van der Waals surface area contributed by atoms with Crippen LogP contribution in [0.5, 0.6) is 0 Å². The number of amides is 2.